The van der Waals surface area contributed by atoms with Crippen LogP contribution in [0.1, 0.15) is 73.9 Å². The third kappa shape index (κ3) is 5.51. The first-order valence-electron chi connectivity index (χ1n) is 18.3. The monoisotopic (exact) mass is 721 g/mol. The Balaban J connectivity index is 0.998. The molecule has 2 aliphatic heterocycles. The SMILES string of the molecule is COC(=O)N[C@H](C(=O)N1[C@@H]2CC[C@H](C2)[C@H]1c1nc2ccc(-c3ccc4c(c3)C(F)(F)c3cc(-c5cnc([C@@H]6CCCN6)[nH]5)ccc3-4)cc2[nH]1)[C@@H](C)OC. The van der Waals surface area contributed by atoms with Gasteiger partial charge in [-0.15, -0.1) is 0 Å². The van der Waals surface area contributed by atoms with Crippen LogP contribution in [0.4, 0.5) is 13.6 Å². The Bertz CT molecular complexity index is 2240. The number of piperidine rings is 1. The summed E-state index contributed by atoms with van der Waals surface area (Å²) in [6.07, 6.45) is 5.19. The molecule has 5 aromatic rings. The molecule has 2 bridgehead atoms. The number of alkyl carbamates (subject to hydrolysis) is 1. The summed E-state index contributed by atoms with van der Waals surface area (Å²) in [5.74, 6) is -1.72. The molecule has 4 N–H and O–H groups in total. The maximum atomic E-state index is 16.3. The zero-order chi connectivity index (χ0) is 36.6. The third-order valence-corrected chi connectivity index (χ3v) is 11.8. The number of aromatic amines is 2. The first kappa shape index (κ1) is 33.7. The van der Waals surface area contributed by atoms with Crippen LogP contribution in [0.5, 0.6) is 0 Å². The van der Waals surface area contributed by atoms with Crippen LogP contribution in [0.3, 0.4) is 0 Å². The smallest absolute Gasteiger partial charge is 0.407 e. The van der Waals surface area contributed by atoms with Crippen molar-refractivity contribution in [2.45, 2.75) is 75.2 Å². The van der Waals surface area contributed by atoms with Crippen molar-refractivity contribution < 1.29 is 27.8 Å². The fraction of sp³-hybridized carbons (Fsp3) is 0.400. The highest BCUT2D eigenvalue weighted by Gasteiger charge is 2.52. The molecule has 2 aromatic heterocycles. The van der Waals surface area contributed by atoms with Crippen LogP contribution in [0.25, 0.3) is 44.5 Å². The number of rotatable bonds is 8. The van der Waals surface area contributed by atoms with Crippen LogP contribution < -0.4 is 10.6 Å². The first-order valence-corrected chi connectivity index (χ1v) is 18.3. The largest absolute Gasteiger partial charge is 0.453 e. The molecular weight excluding hydrogens is 680 g/mol. The van der Waals surface area contributed by atoms with E-state index in [0.717, 1.165) is 61.2 Å². The number of benzene rings is 3. The molecule has 13 heteroatoms. The van der Waals surface area contributed by atoms with Crippen LogP contribution in [-0.4, -0.2) is 75.8 Å². The summed E-state index contributed by atoms with van der Waals surface area (Å²) >= 11 is 0. The molecule has 0 spiro atoms. The Labute approximate surface area is 304 Å². The van der Waals surface area contributed by atoms with Gasteiger partial charge in [0.25, 0.3) is 5.92 Å². The van der Waals surface area contributed by atoms with Gasteiger partial charge in [0.1, 0.15) is 17.7 Å². The molecule has 2 amide bonds. The van der Waals surface area contributed by atoms with Crippen molar-refractivity contribution in [3.63, 3.8) is 0 Å². The number of imidazole rings is 2. The Kier molecular flexibility index (Phi) is 8.11. The lowest BCUT2D eigenvalue weighted by Gasteiger charge is -2.37. The van der Waals surface area contributed by atoms with Crippen molar-refractivity contribution in [1.82, 2.24) is 35.5 Å². The molecule has 11 nitrogen and oxygen atoms in total. The number of nitrogens with one attached hydrogen (secondary N) is 4. The second kappa shape index (κ2) is 12.8. The van der Waals surface area contributed by atoms with E-state index in [4.69, 9.17) is 14.5 Å². The topological polar surface area (TPSA) is 137 Å². The Morgan fingerprint density at radius 2 is 1.68 bits per heavy atom. The molecule has 274 valence electrons. The predicted molar refractivity (Wildman–Crippen MR) is 194 cm³/mol. The molecule has 1 saturated carbocycles. The van der Waals surface area contributed by atoms with Gasteiger partial charge >= 0.3 is 6.09 Å². The number of likely N-dealkylation sites (tertiary alicyclic amines) is 1. The normalized spacial score (nSPS) is 23.6. The number of hydrogen-bond acceptors (Lipinski definition) is 7. The van der Waals surface area contributed by atoms with E-state index in [-0.39, 0.29) is 41.1 Å². The zero-order valence-corrected chi connectivity index (χ0v) is 29.7. The standard InChI is InChI=1S/C40H41F2N7O4/c1-20(52-2)34(48-39(51)53-3)38(50)49-25-10-6-24(15-25)35(49)37-45-30-13-9-22(18-32(30)46-37)21-7-11-26-27-12-8-23(17-29(27)40(41,42)28(26)16-21)33-19-44-36(47-33)31-5-4-14-43-31/h7-9,11-13,16-20,24-25,31,34-35,43H,4-6,10,14-15H2,1-3H3,(H,44,47)(H,45,46)(H,48,51)/t20-,24-,25-,31+,34+,35+/m1/s1. The van der Waals surface area contributed by atoms with E-state index in [1.807, 2.05) is 35.2 Å². The summed E-state index contributed by atoms with van der Waals surface area (Å²) in [4.78, 5) is 44.4. The minimum atomic E-state index is -3.18. The van der Waals surface area contributed by atoms with Crippen LogP contribution >= 0.6 is 0 Å². The van der Waals surface area contributed by atoms with Gasteiger partial charge in [-0.1, -0.05) is 30.3 Å². The maximum absolute atomic E-state index is 16.3. The van der Waals surface area contributed by atoms with Gasteiger partial charge in [-0.25, -0.2) is 14.8 Å². The molecule has 4 aliphatic rings. The summed E-state index contributed by atoms with van der Waals surface area (Å²) in [5, 5.41) is 6.08. The first-order chi connectivity index (χ1) is 25.6. The summed E-state index contributed by atoms with van der Waals surface area (Å²) in [5.41, 5.74) is 5.30. The van der Waals surface area contributed by atoms with Gasteiger partial charge in [0.2, 0.25) is 5.91 Å². The summed E-state index contributed by atoms with van der Waals surface area (Å²) in [6.45, 7) is 2.68. The lowest BCUT2D eigenvalue weighted by Crippen LogP contribution is -2.56. The fourth-order valence-electron chi connectivity index (χ4n) is 9.02. The van der Waals surface area contributed by atoms with Gasteiger partial charge in [-0.3, -0.25) is 4.79 Å². The van der Waals surface area contributed by atoms with Crippen LogP contribution in [0.2, 0.25) is 0 Å². The van der Waals surface area contributed by atoms with Crippen LogP contribution in [-0.2, 0) is 20.2 Å². The van der Waals surface area contributed by atoms with Gasteiger partial charge in [-0.05, 0) is 98.0 Å². The molecular formula is C40H41F2N7O4. The summed E-state index contributed by atoms with van der Waals surface area (Å²) in [6, 6.07) is 15.1. The maximum Gasteiger partial charge on any atom is 0.407 e. The Hall–Kier alpha value is -5.14. The second-order valence-corrected chi connectivity index (χ2v) is 14.8. The van der Waals surface area contributed by atoms with Crippen molar-refractivity contribution >= 4 is 23.0 Å². The number of aromatic nitrogens is 4. The fourth-order valence-corrected chi connectivity index (χ4v) is 9.02. The van der Waals surface area contributed by atoms with E-state index < -0.39 is 24.2 Å². The number of hydrogen-bond donors (Lipinski definition) is 4. The number of halogens is 2. The molecule has 3 fully saturated rings. The number of amides is 2. The minimum absolute atomic E-state index is 0.0140. The molecule has 4 heterocycles. The summed E-state index contributed by atoms with van der Waals surface area (Å²) < 4.78 is 42.8. The van der Waals surface area contributed by atoms with Gasteiger partial charge in [0.15, 0.2) is 0 Å². The van der Waals surface area contributed by atoms with E-state index in [2.05, 4.69) is 25.6 Å². The molecule has 2 saturated heterocycles. The number of carbonyl (C=O) groups is 2. The van der Waals surface area contributed by atoms with Gasteiger partial charge in [0, 0.05) is 29.8 Å². The van der Waals surface area contributed by atoms with Crippen molar-refractivity contribution in [1.29, 1.82) is 0 Å². The number of alkyl halides is 2. The number of fused-ring (bicyclic) bond motifs is 6. The van der Waals surface area contributed by atoms with Crippen molar-refractivity contribution in [3.8, 4) is 33.5 Å². The molecule has 53 heavy (non-hydrogen) atoms. The molecule has 9 rings (SSSR count). The number of nitrogens with zero attached hydrogens (tertiary/aromatic N) is 3. The van der Waals surface area contributed by atoms with E-state index in [1.54, 1.807) is 37.4 Å². The predicted octanol–water partition coefficient (Wildman–Crippen LogP) is 6.98. The van der Waals surface area contributed by atoms with Crippen molar-refractivity contribution in [2.24, 2.45) is 5.92 Å². The Morgan fingerprint density at radius 1 is 0.943 bits per heavy atom. The molecule has 0 radical (unpaired) electrons. The average molecular weight is 722 g/mol. The molecule has 2 aliphatic carbocycles. The Morgan fingerprint density at radius 3 is 2.42 bits per heavy atom. The highest BCUT2D eigenvalue weighted by Crippen LogP contribution is 2.53. The molecule has 0 unspecified atom stereocenters. The van der Waals surface area contributed by atoms with Gasteiger partial charge in [0.05, 0.1) is 48.2 Å². The third-order valence-electron chi connectivity index (χ3n) is 11.8. The second-order valence-electron chi connectivity index (χ2n) is 14.8. The van der Waals surface area contributed by atoms with Crippen LogP contribution in [0, 0.1) is 5.92 Å². The van der Waals surface area contributed by atoms with E-state index >= 15 is 8.78 Å². The lowest BCUT2D eigenvalue weighted by molar-refractivity contribution is -0.141. The number of carbonyl (C=O) groups excluding carboxylic acids is 2. The highest BCUT2D eigenvalue weighted by molar-refractivity contribution is 5.89. The van der Waals surface area contributed by atoms with Gasteiger partial charge in [-0.2, -0.15) is 8.78 Å². The highest BCUT2D eigenvalue weighted by atomic mass is 19.3. The zero-order valence-electron chi connectivity index (χ0n) is 29.7. The molecule has 6 atom stereocenters. The lowest BCUT2D eigenvalue weighted by atomic mass is 9.97. The van der Waals surface area contributed by atoms with Gasteiger partial charge < -0.3 is 35.0 Å². The van der Waals surface area contributed by atoms with E-state index in [1.165, 1.54) is 14.2 Å². The number of ether oxygens (including phenoxy) is 2. The van der Waals surface area contributed by atoms with Crippen LogP contribution in [0.15, 0.2) is 60.8 Å². The van der Waals surface area contributed by atoms with Crippen molar-refractivity contribution in [2.75, 3.05) is 20.8 Å². The van der Waals surface area contributed by atoms with E-state index in [0.29, 0.717) is 33.6 Å². The quantitative estimate of drug-likeness (QED) is 0.136. The van der Waals surface area contributed by atoms with Crippen molar-refractivity contribution in [3.05, 3.63) is 83.6 Å². The molecule has 3 aromatic carbocycles. The minimum Gasteiger partial charge on any atom is -0.453 e. The van der Waals surface area contributed by atoms with E-state index in [9.17, 15) is 9.59 Å². The number of H-pyrrole nitrogens is 2. The summed E-state index contributed by atoms with van der Waals surface area (Å²) in [7, 11) is 2.75. The average Bonchev–Trinajstić information content (AvgIpc) is 4.03. The number of methoxy groups -OCH3 is 2.